The zero-order valence-corrected chi connectivity index (χ0v) is 13.3. The number of nitrogens with one attached hydrogen (secondary N) is 1. The molecule has 1 aliphatic rings. The van der Waals surface area contributed by atoms with Gasteiger partial charge in [0.1, 0.15) is 4.90 Å². The number of halogens is 1. The summed E-state index contributed by atoms with van der Waals surface area (Å²) in [4.78, 5) is 10.8. The normalized spacial score (nSPS) is 18.4. The Labute approximate surface area is 129 Å². The summed E-state index contributed by atoms with van der Waals surface area (Å²) in [5.74, 6) is -1.19. The molecule has 21 heavy (non-hydrogen) atoms. The minimum atomic E-state index is -3.85. The molecular weight excluding hydrogens is 314 g/mol. The number of sulfonamides is 1. The van der Waals surface area contributed by atoms with Gasteiger partial charge in [0, 0.05) is 5.54 Å². The van der Waals surface area contributed by atoms with Crippen LogP contribution < -0.4 is 4.72 Å². The minimum Gasteiger partial charge on any atom is -0.478 e. The van der Waals surface area contributed by atoms with Crippen molar-refractivity contribution in [2.45, 2.75) is 49.5 Å². The van der Waals surface area contributed by atoms with Crippen LogP contribution in [0.15, 0.2) is 23.1 Å². The number of carbonyl (C=O) groups is 1. The van der Waals surface area contributed by atoms with Gasteiger partial charge in [0.25, 0.3) is 0 Å². The Morgan fingerprint density at radius 2 is 1.90 bits per heavy atom. The lowest BCUT2D eigenvalue weighted by atomic mass is 9.84. The summed E-state index contributed by atoms with van der Waals surface area (Å²) < 4.78 is 27.7. The smallest absolute Gasteiger partial charge is 0.335 e. The van der Waals surface area contributed by atoms with Crippen LogP contribution in [0.25, 0.3) is 0 Å². The third-order valence-corrected chi connectivity index (χ3v) is 5.93. The Balaban J connectivity index is 2.35. The van der Waals surface area contributed by atoms with Gasteiger partial charge in [0.15, 0.2) is 0 Å². The maximum Gasteiger partial charge on any atom is 0.335 e. The molecule has 0 radical (unpaired) electrons. The quantitative estimate of drug-likeness (QED) is 0.888. The maximum absolute atomic E-state index is 12.5. The molecule has 2 rings (SSSR count). The first kappa shape index (κ1) is 16.3. The van der Waals surface area contributed by atoms with Gasteiger partial charge in [0.05, 0.1) is 10.6 Å². The Morgan fingerprint density at radius 3 is 2.48 bits per heavy atom. The third-order valence-electron chi connectivity index (χ3n) is 3.81. The van der Waals surface area contributed by atoms with Crippen molar-refractivity contribution in [3.63, 3.8) is 0 Å². The van der Waals surface area contributed by atoms with Crippen LogP contribution in [0.1, 0.15) is 49.4 Å². The zero-order valence-electron chi connectivity index (χ0n) is 11.7. The zero-order chi connectivity index (χ0) is 15.7. The minimum absolute atomic E-state index is 0.0203. The van der Waals surface area contributed by atoms with Gasteiger partial charge in [-0.3, -0.25) is 0 Å². The van der Waals surface area contributed by atoms with Gasteiger partial charge in [-0.25, -0.2) is 17.9 Å². The van der Waals surface area contributed by atoms with Crippen molar-refractivity contribution in [3.8, 4) is 0 Å². The molecule has 1 aromatic carbocycles. The van der Waals surface area contributed by atoms with E-state index in [4.69, 9.17) is 16.7 Å². The van der Waals surface area contributed by atoms with Crippen molar-refractivity contribution in [2.75, 3.05) is 0 Å². The van der Waals surface area contributed by atoms with E-state index in [-0.39, 0.29) is 15.5 Å². The van der Waals surface area contributed by atoms with E-state index in [0.717, 1.165) is 38.2 Å². The SMILES string of the molecule is CC1(NS(=O)(=O)c2cc(C(=O)O)ccc2Cl)CCCCC1. The molecule has 5 nitrogen and oxygen atoms in total. The van der Waals surface area contributed by atoms with Crippen LogP contribution in [0.2, 0.25) is 5.02 Å². The summed E-state index contributed by atoms with van der Waals surface area (Å²) in [5, 5.41) is 9.00. The fourth-order valence-electron chi connectivity index (χ4n) is 2.66. The standard InChI is InChI=1S/C14H18ClNO4S/c1-14(7-3-2-4-8-14)16-21(19,20)12-9-10(13(17)18)5-6-11(12)15/h5-6,9,16H,2-4,7-8H2,1H3,(H,17,18). The van der Waals surface area contributed by atoms with Crippen LogP contribution >= 0.6 is 11.6 Å². The molecule has 1 saturated carbocycles. The average molecular weight is 332 g/mol. The summed E-state index contributed by atoms with van der Waals surface area (Å²) in [5.41, 5.74) is -0.604. The number of carboxylic acids is 1. The molecule has 7 heteroatoms. The predicted octanol–water partition coefficient (Wildman–Crippen LogP) is 3.04. The maximum atomic E-state index is 12.5. The van der Waals surface area contributed by atoms with Crippen LogP contribution in [0.3, 0.4) is 0 Å². The van der Waals surface area contributed by atoms with E-state index in [2.05, 4.69) is 4.72 Å². The largest absolute Gasteiger partial charge is 0.478 e. The average Bonchev–Trinajstić information content (AvgIpc) is 2.38. The lowest BCUT2D eigenvalue weighted by molar-refractivity contribution is 0.0696. The molecule has 1 fully saturated rings. The van der Waals surface area contributed by atoms with E-state index in [1.54, 1.807) is 0 Å². The van der Waals surface area contributed by atoms with Crippen molar-refractivity contribution in [3.05, 3.63) is 28.8 Å². The van der Waals surface area contributed by atoms with Gasteiger partial charge < -0.3 is 5.11 Å². The second-order valence-electron chi connectivity index (χ2n) is 5.68. The van der Waals surface area contributed by atoms with Gasteiger partial charge >= 0.3 is 5.97 Å². The molecular formula is C14H18ClNO4S. The Hall–Kier alpha value is -1.11. The monoisotopic (exact) mass is 331 g/mol. The van der Waals surface area contributed by atoms with E-state index in [0.29, 0.717) is 0 Å². The second kappa shape index (κ2) is 5.94. The van der Waals surface area contributed by atoms with Crippen LogP contribution in [0.4, 0.5) is 0 Å². The predicted molar refractivity (Wildman–Crippen MR) is 80.2 cm³/mol. The molecule has 0 aliphatic heterocycles. The van der Waals surface area contributed by atoms with Crippen molar-refractivity contribution >= 4 is 27.6 Å². The fourth-order valence-corrected chi connectivity index (χ4v) is 4.65. The first-order valence-corrected chi connectivity index (χ1v) is 8.66. The summed E-state index contributed by atoms with van der Waals surface area (Å²) in [6.45, 7) is 1.87. The van der Waals surface area contributed by atoms with Crippen molar-refractivity contribution in [1.29, 1.82) is 0 Å². The van der Waals surface area contributed by atoms with Crippen LogP contribution in [0, 0.1) is 0 Å². The number of rotatable bonds is 4. The van der Waals surface area contributed by atoms with Gasteiger partial charge in [-0.05, 0) is 38.0 Å². The molecule has 0 amide bonds. The van der Waals surface area contributed by atoms with Gasteiger partial charge in [-0.1, -0.05) is 30.9 Å². The summed E-state index contributed by atoms with van der Waals surface area (Å²) in [6, 6.07) is 3.67. The highest BCUT2D eigenvalue weighted by molar-refractivity contribution is 7.89. The van der Waals surface area contributed by atoms with E-state index < -0.39 is 21.5 Å². The molecule has 0 aromatic heterocycles. The highest BCUT2D eigenvalue weighted by atomic mass is 35.5. The second-order valence-corrected chi connectivity index (χ2v) is 7.74. The summed E-state index contributed by atoms with van der Waals surface area (Å²) in [6.07, 6.45) is 4.58. The van der Waals surface area contributed by atoms with Gasteiger partial charge in [-0.15, -0.1) is 0 Å². The number of hydrogen-bond acceptors (Lipinski definition) is 3. The number of carboxylic acid groups (broad SMARTS) is 1. The first-order chi connectivity index (χ1) is 9.73. The Kier molecular flexibility index (Phi) is 4.60. The molecule has 0 bridgehead atoms. The molecule has 0 atom stereocenters. The third kappa shape index (κ3) is 3.75. The molecule has 2 N–H and O–H groups in total. The van der Waals surface area contributed by atoms with Crippen molar-refractivity contribution in [2.24, 2.45) is 0 Å². The lowest BCUT2D eigenvalue weighted by Crippen LogP contribution is -2.47. The van der Waals surface area contributed by atoms with Crippen LogP contribution in [0.5, 0.6) is 0 Å². The van der Waals surface area contributed by atoms with E-state index in [1.165, 1.54) is 12.1 Å². The fraction of sp³-hybridized carbons (Fsp3) is 0.500. The molecule has 1 aliphatic carbocycles. The molecule has 0 heterocycles. The highest BCUT2D eigenvalue weighted by Gasteiger charge is 2.33. The van der Waals surface area contributed by atoms with Crippen molar-refractivity contribution in [1.82, 2.24) is 4.72 Å². The summed E-state index contributed by atoms with van der Waals surface area (Å²) >= 11 is 5.94. The lowest BCUT2D eigenvalue weighted by Gasteiger charge is -2.34. The van der Waals surface area contributed by atoms with Crippen LogP contribution in [-0.2, 0) is 10.0 Å². The topological polar surface area (TPSA) is 83.5 Å². The Morgan fingerprint density at radius 1 is 1.29 bits per heavy atom. The van der Waals surface area contributed by atoms with Crippen molar-refractivity contribution < 1.29 is 18.3 Å². The first-order valence-electron chi connectivity index (χ1n) is 6.80. The number of benzene rings is 1. The van der Waals surface area contributed by atoms with E-state index in [9.17, 15) is 13.2 Å². The number of aromatic carboxylic acids is 1. The Bertz CT molecular complexity index is 651. The highest BCUT2D eigenvalue weighted by Crippen LogP contribution is 2.31. The van der Waals surface area contributed by atoms with Gasteiger partial charge in [-0.2, -0.15) is 0 Å². The molecule has 116 valence electrons. The van der Waals surface area contributed by atoms with E-state index in [1.807, 2.05) is 6.92 Å². The molecule has 0 spiro atoms. The number of hydrogen-bond donors (Lipinski definition) is 2. The summed E-state index contributed by atoms with van der Waals surface area (Å²) in [7, 11) is -3.85. The van der Waals surface area contributed by atoms with Gasteiger partial charge in [0.2, 0.25) is 10.0 Å². The molecule has 0 saturated heterocycles. The molecule has 1 aromatic rings. The van der Waals surface area contributed by atoms with Crippen LogP contribution in [-0.4, -0.2) is 25.0 Å². The van der Waals surface area contributed by atoms with E-state index >= 15 is 0 Å². The molecule has 0 unspecified atom stereocenters.